The molecule has 0 spiro atoms. The van der Waals surface area contributed by atoms with Gasteiger partial charge in [-0.25, -0.2) is 0 Å². The van der Waals surface area contributed by atoms with Gasteiger partial charge in [0.1, 0.15) is 0 Å². The molecule has 0 rings (SSSR count). The predicted molar refractivity (Wildman–Crippen MR) is 169 cm³/mol. The molecule has 0 unspecified atom stereocenters. The van der Waals surface area contributed by atoms with Crippen molar-refractivity contribution in [3.8, 4) is 0 Å². The second-order valence-corrected chi connectivity index (χ2v) is 11.4. The van der Waals surface area contributed by atoms with Crippen molar-refractivity contribution in [2.45, 2.75) is 194 Å². The van der Waals surface area contributed by atoms with Crippen LogP contribution < -0.4 is 10.2 Å². The zero-order valence-corrected chi connectivity index (χ0v) is 29.2. The minimum atomic E-state index is -0.914. The Kier molecular flexibility index (Phi) is 51.7. The van der Waals surface area contributed by atoms with Crippen LogP contribution in [0.25, 0.3) is 0 Å². The van der Waals surface area contributed by atoms with Gasteiger partial charge in [-0.05, 0) is 77.0 Å². The summed E-state index contributed by atoms with van der Waals surface area (Å²) in [6.45, 7) is 4.51. The maximum atomic E-state index is 10.2. The van der Waals surface area contributed by atoms with Crippen molar-refractivity contribution in [2.75, 3.05) is 0 Å². The monoisotopic (exact) mass is 688 g/mol. The summed E-state index contributed by atoms with van der Waals surface area (Å²) >= 11 is 0. The molecule has 0 aliphatic carbocycles. The summed E-state index contributed by atoms with van der Waals surface area (Å²) in [5, 5.41) is 20.4. The predicted octanol–water partition coefficient (Wildman–Crippen LogP) is 9.54. The van der Waals surface area contributed by atoms with Gasteiger partial charge >= 0.3 is 34.1 Å². The molecule has 0 aliphatic heterocycles. The SMILES string of the molecule is CCCCCCCC/C=C\CCCCCCCC(=O)[O-].CCCCCCCC/C=C\CCCCCCCC(=O)[O-].[Cu+].[Cu+]. The van der Waals surface area contributed by atoms with Crippen molar-refractivity contribution in [3.05, 3.63) is 24.3 Å². The molecule has 0 heterocycles. The molecular weight excluding hydrogens is 623 g/mol. The Morgan fingerprint density at radius 2 is 0.595 bits per heavy atom. The number of aliphatic carboxylic acids is 2. The van der Waals surface area contributed by atoms with Gasteiger partial charge in [-0.15, -0.1) is 0 Å². The van der Waals surface area contributed by atoms with Crippen LogP contribution in [0.2, 0.25) is 0 Å². The van der Waals surface area contributed by atoms with Gasteiger partial charge in [0.2, 0.25) is 0 Å². The zero-order chi connectivity index (χ0) is 29.8. The molecule has 4 nitrogen and oxygen atoms in total. The number of carboxylic acid groups (broad SMARTS) is 2. The fraction of sp³-hybridized carbons (Fsp3) is 0.833. The second-order valence-electron chi connectivity index (χ2n) is 11.4. The molecule has 0 fully saturated rings. The van der Waals surface area contributed by atoms with Gasteiger partial charge in [-0.3, -0.25) is 0 Å². The molecule has 0 saturated carbocycles. The quantitative estimate of drug-likeness (QED) is 0.0428. The normalized spacial score (nSPS) is 10.7. The maximum Gasteiger partial charge on any atom is 1.00 e. The van der Waals surface area contributed by atoms with E-state index in [0.717, 1.165) is 38.5 Å². The van der Waals surface area contributed by atoms with Gasteiger partial charge in [0.25, 0.3) is 0 Å². The first-order chi connectivity index (χ1) is 19.5. The number of unbranched alkanes of at least 4 members (excludes halogenated alkanes) is 22. The van der Waals surface area contributed by atoms with Gasteiger partial charge < -0.3 is 19.8 Å². The Morgan fingerprint density at radius 1 is 0.381 bits per heavy atom. The third-order valence-electron chi connectivity index (χ3n) is 7.29. The molecule has 6 heteroatoms. The molecule has 0 N–H and O–H groups in total. The molecule has 256 valence electrons. The van der Waals surface area contributed by atoms with Crippen molar-refractivity contribution in [2.24, 2.45) is 0 Å². The van der Waals surface area contributed by atoms with E-state index in [1.54, 1.807) is 0 Å². The molecular formula is C36H66Cu2O4. The summed E-state index contributed by atoms with van der Waals surface area (Å²) in [7, 11) is 0. The first-order valence-electron chi connectivity index (χ1n) is 17.2. The number of allylic oxidation sites excluding steroid dienone is 4. The minimum absolute atomic E-state index is 0. The third kappa shape index (κ3) is 52.1. The van der Waals surface area contributed by atoms with Crippen molar-refractivity contribution in [1.82, 2.24) is 0 Å². The number of carboxylic acids is 2. The Balaban J connectivity index is -0.000000328. The average Bonchev–Trinajstić information content (AvgIpc) is 2.93. The van der Waals surface area contributed by atoms with Crippen LogP contribution in [0.3, 0.4) is 0 Å². The van der Waals surface area contributed by atoms with Gasteiger partial charge in [0.05, 0.1) is 0 Å². The third-order valence-corrected chi connectivity index (χ3v) is 7.29. The summed E-state index contributed by atoms with van der Waals surface area (Å²) in [5.74, 6) is -1.83. The summed E-state index contributed by atoms with van der Waals surface area (Å²) in [6, 6.07) is 0. The number of hydrogen-bond acceptors (Lipinski definition) is 4. The molecule has 42 heavy (non-hydrogen) atoms. The fourth-order valence-corrected chi connectivity index (χ4v) is 4.68. The van der Waals surface area contributed by atoms with E-state index < -0.39 is 11.9 Å². The summed E-state index contributed by atoms with van der Waals surface area (Å²) in [5.41, 5.74) is 0. The summed E-state index contributed by atoms with van der Waals surface area (Å²) < 4.78 is 0. The van der Waals surface area contributed by atoms with E-state index in [1.165, 1.54) is 128 Å². The van der Waals surface area contributed by atoms with Crippen LogP contribution in [-0.2, 0) is 43.7 Å². The summed E-state index contributed by atoms with van der Waals surface area (Å²) in [4.78, 5) is 20.4. The molecule has 0 atom stereocenters. The van der Waals surface area contributed by atoms with Crippen LogP contribution in [0.5, 0.6) is 0 Å². The molecule has 0 aromatic heterocycles. The first kappa shape index (κ1) is 48.4. The van der Waals surface area contributed by atoms with Crippen molar-refractivity contribution < 1.29 is 53.9 Å². The Hall–Kier alpha value is -0.541. The number of carbonyl (C=O) groups is 2. The first-order valence-corrected chi connectivity index (χ1v) is 17.2. The van der Waals surface area contributed by atoms with Gasteiger partial charge in [0.15, 0.2) is 0 Å². The molecule has 0 bridgehead atoms. The van der Waals surface area contributed by atoms with E-state index in [4.69, 9.17) is 0 Å². The van der Waals surface area contributed by atoms with Crippen LogP contribution >= 0.6 is 0 Å². The van der Waals surface area contributed by atoms with Crippen molar-refractivity contribution in [1.29, 1.82) is 0 Å². The summed E-state index contributed by atoms with van der Waals surface area (Å²) in [6.07, 6.45) is 41.8. The van der Waals surface area contributed by atoms with Crippen molar-refractivity contribution >= 4 is 11.9 Å². The zero-order valence-electron chi connectivity index (χ0n) is 27.3. The number of hydrogen-bond donors (Lipinski definition) is 0. The smallest absolute Gasteiger partial charge is 0.550 e. The molecule has 0 aromatic carbocycles. The van der Waals surface area contributed by atoms with Gasteiger partial charge in [-0.1, -0.05) is 141 Å². The van der Waals surface area contributed by atoms with Crippen LogP contribution in [0.1, 0.15) is 194 Å². The maximum absolute atomic E-state index is 10.2. The molecule has 0 amide bonds. The number of rotatable bonds is 30. The molecule has 0 saturated heterocycles. The molecule has 0 aliphatic rings. The standard InChI is InChI=1S/2C18H34O2.2Cu/c2*1-2-3-4-5-6-7-8-9-10-11-12-13-14-15-16-17-18(19)20;;/h2*9-10H,2-8,11-17H2,1H3,(H,19,20);;/q;;2*+1/p-2/b2*10-9-;;. The van der Waals surface area contributed by atoms with E-state index in [9.17, 15) is 19.8 Å². The Bertz CT molecular complexity index is 529. The van der Waals surface area contributed by atoms with E-state index in [-0.39, 0.29) is 47.0 Å². The fourth-order valence-electron chi connectivity index (χ4n) is 4.68. The van der Waals surface area contributed by atoms with E-state index >= 15 is 0 Å². The second kappa shape index (κ2) is 44.9. The average molecular weight is 690 g/mol. The van der Waals surface area contributed by atoms with Gasteiger partial charge in [-0.2, -0.15) is 0 Å². The van der Waals surface area contributed by atoms with Gasteiger partial charge in [0, 0.05) is 11.9 Å². The van der Waals surface area contributed by atoms with E-state index in [0.29, 0.717) is 0 Å². The molecule has 0 radical (unpaired) electrons. The van der Waals surface area contributed by atoms with Crippen LogP contribution in [0.4, 0.5) is 0 Å². The largest absolute Gasteiger partial charge is 1.00 e. The topological polar surface area (TPSA) is 80.3 Å². The Morgan fingerprint density at radius 3 is 0.833 bits per heavy atom. The van der Waals surface area contributed by atoms with Crippen LogP contribution in [0, 0.1) is 0 Å². The van der Waals surface area contributed by atoms with Crippen molar-refractivity contribution in [3.63, 3.8) is 0 Å². The van der Waals surface area contributed by atoms with E-state index in [1.807, 2.05) is 0 Å². The Labute approximate surface area is 282 Å². The van der Waals surface area contributed by atoms with Crippen LogP contribution in [-0.4, -0.2) is 11.9 Å². The molecule has 0 aromatic rings. The van der Waals surface area contributed by atoms with E-state index in [2.05, 4.69) is 38.2 Å². The number of carbonyl (C=O) groups excluding carboxylic acids is 2. The van der Waals surface area contributed by atoms with Crippen LogP contribution in [0.15, 0.2) is 24.3 Å². The minimum Gasteiger partial charge on any atom is -0.550 e.